The maximum Gasteiger partial charge on any atom is 0.128 e. The minimum atomic E-state index is 0.213. The maximum atomic E-state index is 9.84. The average molecular weight is 335 g/mol. The first-order valence-corrected chi connectivity index (χ1v) is 9.35. The van der Waals surface area contributed by atoms with E-state index in [0.29, 0.717) is 5.75 Å². The first kappa shape index (κ1) is 20.5. The van der Waals surface area contributed by atoms with E-state index in [9.17, 15) is 5.11 Å². The summed E-state index contributed by atoms with van der Waals surface area (Å²) in [6, 6.07) is 5.26. The smallest absolute Gasteiger partial charge is 0.128 e. The van der Waals surface area contributed by atoms with Crippen molar-refractivity contribution in [3.05, 3.63) is 23.8 Å². The van der Waals surface area contributed by atoms with Gasteiger partial charge >= 0.3 is 0 Å². The highest BCUT2D eigenvalue weighted by Gasteiger charge is 2.00. The van der Waals surface area contributed by atoms with Gasteiger partial charge in [-0.15, -0.1) is 0 Å². The van der Waals surface area contributed by atoms with Gasteiger partial charge in [0.1, 0.15) is 11.5 Å². The number of aliphatic imine (C=N–C) groups is 1. The van der Waals surface area contributed by atoms with E-state index in [2.05, 4.69) is 4.99 Å². The summed E-state index contributed by atoms with van der Waals surface area (Å²) in [7, 11) is 1.59. The molecule has 0 aromatic heterocycles. The Morgan fingerprint density at radius 1 is 0.958 bits per heavy atom. The van der Waals surface area contributed by atoms with Gasteiger partial charge in [-0.2, -0.15) is 0 Å². The van der Waals surface area contributed by atoms with Crippen molar-refractivity contribution in [1.82, 2.24) is 0 Å². The Balaban J connectivity index is 1.98. The van der Waals surface area contributed by atoms with E-state index in [-0.39, 0.29) is 5.75 Å². The molecule has 0 spiro atoms. The number of ether oxygens (including phenoxy) is 1. The maximum absolute atomic E-state index is 9.84. The van der Waals surface area contributed by atoms with Gasteiger partial charge in [0.15, 0.2) is 0 Å². The molecular weight excluding hydrogens is 300 g/mol. The Morgan fingerprint density at radius 2 is 1.54 bits per heavy atom. The van der Waals surface area contributed by atoms with Crippen molar-refractivity contribution < 1.29 is 9.84 Å². The fourth-order valence-corrected chi connectivity index (χ4v) is 2.68. The Labute approximate surface area is 147 Å². The van der Waals surface area contributed by atoms with Crippen LogP contribution in [-0.2, 0) is 0 Å². The molecule has 4 nitrogen and oxygen atoms in total. The van der Waals surface area contributed by atoms with Gasteiger partial charge in [0.05, 0.1) is 7.11 Å². The van der Waals surface area contributed by atoms with Gasteiger partial charge in [0.25, 0.3) is 0 Å². The number of benzene rings is 1. The molecule has 0 radical (unpaired) electrons. The molecule has 1 aromatic rings. The molecular formula is C20H34N2O2. The summed E-state index contributed by atoms with van der Waals surface area (Å²) < 4.78 is 5.06. The van der Waals surface area contributed by atoms with E-state index < -0.39 is 0 Å². The molecule has 4 heteroatoms. The van der Waals surface area contributed by atoms with Crippen LogP contribution in [0.1, 0.15) is 69.8 Å². The lowest BCUT2D eigenvalue weighted by molar-refractivity contribution is 0.407. The van der Waals surface area contributed by atoms with Crippen molar-refractivity contribution in [2.45, 2.75) is 64.2 Å². The monoisotopic (exact) mass is 334 g/mol. The number of phenolic OH excluding ortho intramolecular Hbond substituents is 1. The third-order valence-electron chi connectivity index (χ3n) is 4.21. The minimum absolute atomic E-state index is 0.213. The van der Waals surface area contributed by atoms with E-state index in [4.69, 9.17) is 10.5 Å². The van der Waals surface area contributed by atoms with Crippen LogP contribution >= 0.6 is 0 Å². The van der Waals surface area contributed by atoms with Gasteiger partial charge in [-0.05, 0) is 31.5 Å². The molecule has 0 atom stereocenters. The number of hydrogen-bond acceptors (Lipinski definition) is 4. The summed E-state index contributed by atoms with van der Waals surface area (Å²) in [5.74, 6) is 0.869. The molecule has 0 fully saturated rings. The lowest BCUT2D eigenvalue weighted by atomic mass is 10.1. The summed E-state index contributed by atoms with van der Waals surface area (Å²) in [6.07, 6.45) is 14.6. The molecule has 0 aliphatic heterocycles. The lowest BCUT2D eigenvalue weighted by Crippen LogP contribution is -1.97. The van der Waals surface area contributed by atoms with Gasteiger partial charge in [-0.1, -0.05) is 51.4 Å². The summed E-state index contributed by atoms with van der Waals surface area (Å²) in [6.45, 7) is 1.66. The fraction of sp³-hybridized carbons (Fsp3) is 0.650. The van der Waals surface area contributed by atoms with Crippen LogP contribution in [0.3, 0.4) is 0 Å². The summed E-state index contributed by atoms with van der Waals surface area (Å²) in [4.78, 5) is 4.40. The highest BCUT2D eigenvalue weighted by Crippen LogP contribution is 2.21. The molecule has 0 unspecified atom stereocenters. The Kier molecular flexibility index (Phi) is 11.8. The minimum Gasteiger partial charge on any atom is -0.507 e. The van der Waals surface area contributed by atoms with E-state index in [1.54, 1.807) is 19.4 Å². The van der Waals surface area contributed by atoms with Crippen LogP contribution < -0.4 is 10.5 Å². The van der Waals surface area contributed by atoms with Crippen LogP contribution in [0.5, 0.6) is 11.5 Å². The predicted octanol–water partition coefficient (Wildman–Crippen LogP) is 4.68. The van der Waals surface area contributed by atoms with Gasteiger partial charge in [-0.3, -0.25) is 4.99 Å². The number of aromatic hydroxyl groups is 1. The second kappa shape index (κ2) is 13.8. The second-order valence-electron chi connectivity index (χ2n) is 6.28. The van der Waals surface area contributed by atoms with Crippen LogP contribution in [0.2, 0.25) is 0 Å². The van der Waals surface area contributed by atoms with Gasteiger partial charge in [0.2, 0.25) is 0 Å². The van der Waals surface area contributed by atoms with Crippen molar-refractivity contribution >= 4 is 6.21 Å². The standard InChI is InChI=1S/C20H34N2O2/c1-24-19-13-12-18(20(23)16-19)17-22-15-11-9-7-5-3-2-4-6-8-10-14-21/h12-13,16-17,23H,2-11,14-15,21H2,1H3/b22-17+. The van der Waals surface area contributed by atoms with E-state index in [0.717, 1.165) is 25.1 Å². The SMILES string of the molecule is COc1ccc(/C=N/CCCCCCCCCCCCN)c(O)c1. The summed E-state index contributed by atoms with van der Waals surface area (Å²) in [5, 5.41) is 9.84. The first-order valence-electron chi connectivity index (χ1n) is 9.35. The van der Waals surface area contributed by atoms with E-state index >= 15 is 0 Å². The number of rotatable bonds is 14. The van der Waals surface area contributed by atoms with Crippen molar-refractivity contribution in [1.29, 1.82) is 0 Å². The molecule has 3 N–H and O–H groups in total. The largest absolute Gasteiger partial charge is 0.507 e. The summed E-state index contributed by atoms with van der Waals surface area (Å²) >= 11 is 0. The van der Waals surface area contributed by atoms with E-state index in [1.165, 1.54) is 57.8 Å². The third-order valence-corrected chi connectivity index (χ3v) is 4.21. The zero-order valence-corrected chi connectivity index (χ0v) is 15.2. The third kappa shape index (κ3) is 9.56. The molecule has 0 aliphatic carbocycles. The zero-order valence-electron chi connectivity index (χ0n) is 15.2. The van der Waals surface area contributed by atoms with Crippen LogP contribution in [0.25, 0.3) is 0 Å². The molecule has 0 heterocycles. The van der Waals surface area contributed by atoms with Crippen molar-refractivity contribution in [2.75, 3.05) is 20.2 Å². The highest BCUT2D eigenvalue weighted by molar-refractivity contribution is 5.83. The van der Waals surface area contributed by atoms with Crippen LogP contribution in [-0.4, -0.2) is 31.5 Å². The van der Waals surface area contributed by atoms with Crippen LogP contribution in [0.15, 0.2) is 23.2 Å². The topological polar surface area (TPSA) is 67.8 Å². The fourth-order valence-electron chi connectivity index (χ4n) is 2.68. The lowest BCUT2D eigenvalue weighted by Gasteiger charge is -2.03. The number of nitrogens with two attached hydrogens (primary N) is 1. The molecule has 0 saturated heterocycles. The predicted molar refractivity (Wildman–Crippen MR) is 102 cm³/mol. The molecule has 24 heavy (non-hydrogen) atoms. The quantitative estimate of drug-likeness (QED) is 0.383. The van der Waals surface area contributed by atoms with Crippen LogP contribution in [0, 0.1) is 0 Å². The number of nitrogens with zero attached hydrogens (tertiary/aromatic N) is 1. The Morgan fingerprint density at radius 3 is 2.08 bits per heavy atom. The van der Waals surface area contributed by atoms with Gasteiger partial charge in [-0.25, -0.2) is 0 Å². The molecule has 0 aliphatic rings. The van der Waals surface area contributed by atoms with Crippen molar-refractivity contribution in [2.24, 2.45) is 10.7 Å². The average Bonchev–Trinajstić information content (AvgIpc) is 2.60. The molecule has 0 saturated carbocycles. The second-order valence-corrected chi connectivity index (χ2v) is 6.28. The number of methoxy groups -OCH3 is 1. The Bertz CT molecular complexity index is 461. The molecule has 1 aromatic carbocycles. The molecule has 0 amide bonds. The Hall–Kier alpha value is -1.55. The van der Waals surface area contributed by atoms with Crippen LogP contribution in [0.4, 0.5) is 0 Å². The highest BCUT2D eigenvalue weighted by atomic mass is 16.5. The molecule has 136 valence electrons. The number of phenols is 1. The van der Waals surface area contributed by atoms with Gasteiger partial charge < -0.3 is 15.6 Å². The number of hydrogen-bond donors (Lipinski definition) is 2. The normalized spacial score (nSPS) is 11.2. The molecule has 1 rings (SSSR count). The molecule has 0 bridgehead atoms. The van der Waals surface area contributed by atoms with Crippen molar-refractivity contribution in [3.8, 4) is 11.5 Å². The van der Waals surface area contributed by atoms with Gasteiger partial charge in [0, 0.05) is 24.4 Å². The summed E-state index contributed by atoms with van der Waals surface area (Å²) in [5.41, 5.74) is 6.22. The number of unbranched alkanes of at least 4 members (excludes halogenated alkanes) is 9. The first-order chi connectivity index (χ1) is 11.8. The zero-order chi connectivity index (χ0) is 17.5. The van der Waals surface area contributed by atoms with E-state index in [1.807, 2.05) is 12.1 Å². The van der Waals surface area contributed by atoms with Crippen molar-refractivity contribution in [3.63, 3.8) is 0 Å².